The van der Waals surface area contributed by atoms with E-state index in [1.165, 1.54) is 30.4 Å². The lowest BCUT2D eigenvalue weighted by molar-refractivity contribution is 0.0920. The molecular formula is C33H41N3O2. The van der Waals surface area contributed by atoms with E-state index in [2.05, 4.69) is 34.3 Å². The molecule has 1 N–H and O–H groups in total. The van der Waals surface area contributed by atoms with E-state index in [0.717, 1.165) is 85.4 Å². The monoisotopic (exact) mass is 511 g/mol. The Morgan fingerprint density at radius 3 is 2.55 bits per heavy atom. The second-order valence-corrected chi connectivity index (χ2v) is 11.3. The Morgan fingerprint density at radius 1 is 0.974 bits per heavy atom. The number of carbonyl (C=O) groups is 2. The molecule has 200 valence electrons. The summed E-state index contributed by atoms with van der Waals surface area (Å²) in [4.78, 5) is 32.6. The Bertz CT molecular complexity index is 1290. The first-order valence-electron chi connectivity index (χ1n) is 14.5. The highest BCUT2D eigenvalue weighted by molar-refractivity contribution is 6.06. The fourth-order valence-electron chi connectivity index (χ4n) is 6.22. The van der Waals surface area contributed by atoms with E-state index in [0.29, 0.717) is 6.42 Å². The first kappa shape index (κ1) is 26.6. The molecule has 1 amide bonds. The number of nitrogens with zero attached hydrogens (tertiary/aromatic N) is 2. The van der Waals surface area contributed by atoms with Crippen LogP contribution in [-0.2, 0) is 12.8 Å². The fraction of sp³-hybridized carbons (Fsp3) is 0.485. The van der Waals surface area contributed by atoms with Crippen LogP contribution >= 0.6 is 0 Å². The molecule has 1 fully saturated rings. The maximum atomic E-state index is 13.1. The SMILES string of the molecule is CCCC(=O)c1ccc2c(c1)CCN(CCC1CCC(NC(=O)c3cccc4nc(C)ccc34)CC1)CC2. The molecule has 3 aromatic rings. The first-order valence-corrected chi connectivity index (χ1v) is 14.5. The van der Waals surface area contributed by atoms with Gasteiger partial charge in [0.15, 0.2) is 5.78 Å². The Balaban J connectivity index is 1.08. The smallest absolute Gasteiger partial charge is 0.252 e. The minimum absolute atomic E-state index is 0.0217. The molecule has 1 aliphatic heterocycles. The van der Waals surface area contributed by atoms with Gasteiger partial charge in [-0.15, -0.1) is 0 Å². The summed E-state index contributed by atoms with van der Waals surface area (Å²) in [5.41, 5.74) is 6.22. The highest BCUT2D eigenvalue weighted by atomic mass is 16.1. The summed E-state index contributed by atoms with van der Waals surface area (Å²) in [5.74, 6) is 1.03. The number of benzene rings is 2. The summed E-state index contributed by atoms with van der Waals surface area (Å²) in [6.07, 6.45) is 9.33. The van der Waals surface area contributed by atoms with E-state index in [4.69, 9.17) is 0 Å². The topological polar surface area (TPSA) is 62.3 Å². The Labute approximate surface area is 227 Å². The van der Waals surface area contributed by atoms with E-state index in [-0.39, 0.29) is 17.7 Å². The highest BCUT2D eigenvalue weighted by Gasteiger charge is 2.24. The van der Waals surface area contributed by atoms with E-state index < -0.39 is 0 Å². The summed E-state index contributed by atoms with van der Waals surface area (Å²) in [7, 11) is 0. The van der Waals surface area contributed by atoms with Gasteiger partial charge in [0.25, 0.3) is 5.91 Å². The number of carbonyl (C=O) groups excluding carboxylic acids is 2. The zero-order valence-electron chi connectivity index (χ0n) is 23.0. The van der Waals surface area contributed by atoms with Gasteiger partial charge in [0, 0.05) is 47.8 Å². The van der Waals surface area contributed by atoms with Crippen LogP contribution < -0.4 is 5.32 Å². The van der Waals surface area contributed by atoms with Crippen LogP contribution in [0.3, 0.4) is 0 Å². The number of nitrogens with one attached hydrogen (secondary N) is 1. The molecule has 1 aromatic heterocycles. The van der Waals surface area contributed by atoms with Crippen LogP contribution in [-0.4, -0.2) is 47.3 Å². The molecule has 0 bridgehead atoms. The standard InChI is InChI=1S/C33H41N3O2/c1-3-5-32(37)27-12-11-25-17-20-36(21-18-26(25)22-27)19-16-24-9-13-28(14-10-24)35-33(38)30-6-4-7-31-29(30)15-8-23(2)34-31/h4,6-8,11-12,15,22,24,28H,3,5,9-10,13-14,16-21H2,1-2H3,(H,35,38). The van der Waals surface area contributed by atoms with E-state index in [9.17, 15) is 9.59 Å². The van der Waals surface area contributed by atoms with Crippen LogP contribution in [0.15, 0.2) is 48.5 Å². The van der Waals surface area contributed by atoms with Crippen LogP contribution in [0, 0.1) is 12.8 Å². The van der Waals surface area contributed by atoms with Crippen LogP contribution in [0.25, 0.3) is 10.9 Å². The molecule has 0 saturated heterocycles. The number of rotatable bonds is 8. The average molecular weight is 512 g/mol. The van der Waals surface area contributed by atoms with E-state index in [1.807, 2.05) is 43.3 Å². The predicted octanol–water partition coefficient (Wildman–Crippen LogP) is 6.31. The van der Waals surface area contributed by atoms with Crippen LogP contribution in [0.1, 0.15) is 89.4 Å². The number of pyridine rings is 1. The Morgan fingerprint density at radius 2 is 1.76 bits per heavy atom. The number of hydrogen-bond acceptors (Lipinski definition) is 4. The maximum absolute atomic E-state index is 13.1. The molecule has 0 spiro atoms. The molecule has 5 rings (SSSR count). The van der Waals surface area contributed by atoms with Gasteiger partial charge in [-0.05, 0) is 106 Å². The van der Waals surface area contributed by atoms with Crippen molar-refractivity contribution in [2.45, 2.75) is 77.7 Å². The molecule has 0 atom stereocenters. The Kier molecular flexibility index (Phi) is 8.53. The molecule has 5 heteroatoms. The average Bonchev–Trinajstić information content (AvgIpc) is 3.14. The van der Waals surface area contributed by atoms with Gasteiger partial charge in [-0.25, -0.2) is 0 Å². The molecule has 1 aliphatic carbocycles. The van der Waals surface area contributed by atoms with Crippen molar-refractivity contribution < 1.29 is 9.59 Å². The van der Waals surface area contributed by atoms with Gasteiger partial charge >= 0.3 is 0 Å². The van der Waals surface area contributed by atoms with Gasteiger partial charge in [0.05, 0.1) is 5.52 Å². The van der Waals surface area contributed by atoms with Crippen molar-refractivity contribution in [2.24, 2.45) is 5.92 Å². The molecule has 2 aromatic carbocycles. The lowest BCUT2D eigenvalue weighted by Crippen LogP contribution is -2.38. The van der Waals surface area contributed by atoms with Gasteiger partial charge in [-0.2, -0.15) is 0 Å². The second kappa shape index (κ2) is 12.2. The summed E-state index contributed by atoms with van der Waals surface area (Å²) in [6.45, 7) is 7.35. The molecule has 38 heavy (non-hydrogen) atoms. The van der Waals surface area contributed by atoms with Crippen LogP contribution in [0.4, 0.5) is 0 Å². The first-order chi connectivity index (χ1) is 18.5. The number of ketones is 1. The van der Waals surface area contributed by atoms with Crippen molar-refractivity contribution in [3.63, 3.8) is 0 Å². The number of aryl methyl sites for hydroxylation is 1. The van der Waals surface area contributed by atoms with E-state index >= 15 is 0 Å². The number of Topliss-reactive ketones (excluding diaryl/α,β-unsaturated/α-hetero) is 1. The fourth-order valence-corrected chi connectivity index (χ4v) is 6.22. The predicted molar refractivity (Wildman–Crippen MR) is 154 cm³/mol. The van der Waals surface area contributed by atoms with Crippen molar-refractivity contribution in [3.8, 4) is 0 Å². The molecule has 0 unspecified atom stereocenters. The number of aromatic nitrogens is 1. The Hall–Kier alpha value is -3.05. The summed E-state index contributed by atoms with van der Waals surface area (Å²) < 4.78 is 0. The largest absolute Gasteiger partial charge is 0.349 e. The van der Waals surface area contributed by atoms with Gasteiger partial charge < -0.3 is 10.2 Å². The zero-order valence-corrected chi connectivity index (χ0v) is 23.0. The number of hydrogen-bond donors (Lipinski definition) is 1. The van der Waals surface area contributed by atoms with Crippen molar-refractivity contribution in [1.82, 2.24) is 15.2 Å². The third kappa shape index (κ3) is 6.32. The molecule has 0 radical (unpaired) electrons. The lowest BCUT2D eigenvalue weighted by atomic mass is 9.84. The third-order valence-corrected chi connectivity index (χ3v) is 8.55. The number of amides is 1. The van der Waals surface area contributed by atoms with Gasteiger partial charge in [-0.1, -0.05) is 31.2 Å². The minimum atomic E-state index is 0.0217. The zero-order chi connectivity index (χ0) is 26.5. The third-order valence-electron chi connectivity index (χ3n) is 8.55. The minimum Gasteiger partial charge on any atom is -0.349 e. The molecular weight excluding hydrogens is 470 g/mol. The maximum Gasteiger partial charge on any atom is 0.252 e. The van der Waals surface area contributed by atoms with Crippen LogP contribution in [0.5, 0.6) is 0 Å². The highest BCUT2D eigenvalue weighted by Crippen LogP contribution is 2.28. The lowest BCUT2D eigenvalue weighted by Gasteiger charge is -2.31. The van der Waals surface area contributed by atoms with Crippen molar-refractivity contribution >= 4 is 22.6 Å². The molecule has 2 aliphatic rings. The summed E-state index contributed by atoms with van der Waals surface area (Å²) >= 11 is 0. The normalized spacial score (nSPS) is 20.1. The second-order valence-electron chi connectivity index (χ2n) is 11.3. The quantitative estimate of drug-likeness (QED) is 0.360. The molecule has 2 heterocycles. The van der Waals surface area contributed by atoms with Crippen molar-refractivity contribution in [3.05, 3.63) is 76.5 Å². The summed E-state index contributed by atoms with van der Waals surface area (Å²) in [6, 6.07) is 16.4. The van der Waals surface area contributed by atoms with Gasteiger partial charge in [-0.3, -0.25) is 14.6 Å². The van der Waals surface area contributed by atoms with Gasteiger partial charge in [0.2, 0.25) is 0 Å². The van der Waals surface area contributed by atoms with Crippen molar-refractivity contribution in [1.29, 1.82) is 0 Å². The van der Waals surface area contributed by atoms with Gasteiger partial charge in [0.1, 0.15) is 0 Å². The van der Waals surface area contributed by atoms with E-state index in [1.54, 1.807) is 0 Å². The van der Waals surface area contributed by atoms with Crippen LogP contribution in [0.2, 0.25) is 0 Å². The summed E-state index contributed by atoms with van der Waals surface area (Å²) in [5, 5.41) is 4.23. The molecule has 1 saturated carbocycles. The number of fused-ring (bicyclic) bond motifs is 2. The molecule has 5 nitrogen and oxygen atoms in total. The van der Waals surface area contributed by atoms with Crippen molar-refractivity contribution in [2.75, 3.05) is 19.6 Å².